The number of hydrogen-bond acceptors (Lipinski definition) is 3. The van der Waals surface area contributed by atoms with E-state index in [0.717, 1.165) is 16.2 Å². The lowest BCUT2D eigenvalue weighted by atomic mass is 10.1. The van der Waals surface area contributed by atoms with Gasteiger partial charge in [-0.05, 0) is 57.2 Å². The standard InChI is InChI=1S/C21H25N3O3/c1-14-5-9-18(10-6-14)22-20(26)13-24(4)15(2)21(27)23-19-11-7-17(8-12-19)16(3)25/h5-12,15H,13H2,1-4H3,(H,22,26)(H,23,27)/p+1/t15-/m1/s1. The van der Waals surface area contributed by atoms with E-state index in [2.05, 4.69) is 10.6 Å². The molecule has 0 heterocycles. The van der Waals surface area contributed by atoms with Crippen molar-refractivity contribution in [1.82, 2.24) is 0 Å². The highest BCUT2D eigenvalue weighted by Crippen LogP contribution is 2.10. The lowest BCUT2D eigenvalue weighted by molar-refractivity contribution is -0.885. The van der Waals surface area contributed by atoms with Gasteiger partial charge in [0.1, 0.15) is 0 Å². The second kappa shape index (κ2) is 9.09. The number of aryl methyl sites for hydroxylation is 1. The molecule has 2 atom stereocenters. The van der Waals surface area contributed by atoms with Gasteiger partial charge in [-0.3, -0.25) is 14.4 Å². The van der Waals surface area contributed by atoms with Crippen LogP contribution in [0.4, 0.5) is 11.4 Å². The number of Topliss-reactive ketones (excluding diaryl/α,β-unsaturated/α-hetero) is 1. The molecule has 0 aliphatic heterocycles. The number of ketones is 1. The molecule has 0 spiro atoms. The number of likely N-dealkylation sites (N-methyl/N-ethyl adjacent to an activating group) is 1. The molecule has 0 aliphatic rings. The van der Waals surface area contributed by atoms with E-state index < -0.39 is 6.04 Å². The van der Waals surface area contributed by atoms with Crippen LogP contribution >= 0.6 is 0 Å². The predicted molar refractivity (Wildman–Crippen MR) is 106 cm³/mol. The topological polar surface area (TPSA) is 79.7 Å². The maximum Gasteiger partial charge on any atom is 0.282 e. The molecular weight excluding hydrogens is 342 g/mol. The molecule has 2 amide bonds. The fourth-order valence-electron chi connectivity index (χ4n) is 2.51. The molecule has 0 saturated carbocycles. The van der Waals surface area contributed by atoms with Crippen molar-refractivity contribution < 1.29 is 19.3 Å². The van der Waals surface area contributed by atoms with Crippen LogP contribution < -0.4 is 15.5 Å². The summed E-state index contributed by atoms with van der Waals surface area (Å²) in [6, 6.07) is 13.9. The number of carbonyl (C=O) groups is 3. The number of benzene rings is 2. The van der Waals surface area contributed by atoms with Gasteiger partial charge in [-0.1, -0.05) is 17.7 Å². The second-order valence-corrected chi connectivity index (χ2v) is 6.78. The number of quaternary nitrogens is 1. The van der Waals surface area contributed by atoms with Crippen LogP contribution in [-0.2, 0) is 9.59 Å². The summed E-state index contributed by atoms with van der Waals surface area (Å²) in [4.78, 5) is 36.7. The van der Waals surface area contributed by atoms with Gasteiger partial charge in [0.05, 0.1) is 7.05 Å². The van der Waals surface area contributed by atoms with E-state index >= 15 is 0 Å². The van der Waals surface area contributed by atoms with Gasteiger partial charge in [0, 0.05) is 16.9 Å². The molecule has 0 bridgehead atoms. The normalized spacial score (nSPS) is 12.7. The average Bonchev–Trinajstić information content (AvgIpc) is 2.63. The van der Waals surface area contributed by atoms with Crippen molar-refractivity contribution in [2.45, 2.75) is 26.8 Å². The number of rotatable bonds is 7. The van der Waals surface area contributed by atoms with Crippen LogP contribution in [0.5, 0.6) is 0 Å². The number of carbonyl (C=O) groups excluding carboxylic acids is 3. The van der Waals surface area contributed by atoms with Crippen molar-refractivity contribution in [3.05, 3.63) is 59.7 Å². The first-order valence-electron chi connectivity index (χ1n) is 8.87. The zero-order valence-electron chi connectivity index (χ0n) is 16.1. The quantitative estimate of drug-likeness (QED) is 0.651. The number of nitrogens with one attached hydrogen (secondary N) is 3. The third-order valence-corrected chi connectivity index (χ3v) is 4.47. The minimum Gasteiger partial charge on any atom is -0.321 e. The zero-order chi connectivity index (χ0) is 20.0. The van der Waals surface area contributed by atoms with Crippen LogP contribution in [0.25, 0.3) is 0 Å². The minimum atomic E-state index is -0.416. The molecule has 2 aromatic carbocycles. The molecule has 27 heavy (non-hydrogen) atoms. The van der Waals surface area contributed by atoms with Crippen molar-refractivity contribution in [2.24, 2.45) is 0 Å². The van der Waals surface area contributed by atoms with Gasteiger partial charge >= 0.3 is 0 Å². The Morgan fingerprint density at radius 1 is 0.926 bits per heavy atom. The van der Waals surface area contributed by atoms with Gasteiger partial charge < -0.3 is 15.5 Å². The summed E-state index contributed by atoms with van der Waals surface area (Å²) >= 11 is 0. The molecule has 1 unspecified atom stereocenters. The van der Waals surface area contributed by atoms with Crippen molar-refractivity contribution in [3.63, 3.8) is 0 Å². The third kappa shape index (κ3) is 6.04. The van der Waals surface area contributed by atoms with Gasteiger partial charge in [-0.2, -0.15) is 0 Å². The molecule has 142 valence electrons. The van der Waals surface area contributed by atoms with Crippen molar-refractivity contribution in [3.8, 4) is 0 Å². The Bertz CT molecular complexity index is 814. The van der Waals surface area contributed by atoms with E-state index in [1.807, 2.05) is 31.2 Å². The molecule has 0 saturated heterocycles. The van der Waals surface area contributed by atoms with Gasteiger partial charge in [-0.25, -0.2) is 0 Å². The summed E-state index contributed by atoms with van der Waals surface area (Å²) in [6.45, 7) is 5.42. The smallest absolute Gasteiger partial charge is 0.282 e. The van der Waals surface area contributed by atoms with E-state index in [4.69, 9.17) is 0 Å². The Hall–Kier alpha value is -2.99. The Morgan fingerprint density at radius 2 is 1.44 bits per heavy atom. The first-order chi connectivity index (χ1) is 12.8. The first kappa shape index (κ1) is 20.3. The van der Waals surface area contributed by atoms with Gasteiger partial charge in [0.15, 0.2) is 18.4 Å². The molecule has 2 aromatic rings. The first-order valence-corrected chi connectivity index (χ1v) is 8.87. The van der Waals surface area contributed by atoms with Gasteiger partial charge in [-0.15, -0.1) is 0 Å². The summed E-state index contributed by atoms with van der Waals surface area (Å²) < 4.78 is 0. The van der Waals surface area contributed by atoms with Crippen molar-refractivity contribution in [2.75, 3.05) is 24.2 Å². The number of anilines is 2. The summed E-state index contributed by atoms with van der Waals surface area (Å²) in [5.41, 5.74) is 3.07. The van der Waals surface area contributed by atoms with Crippen LogP contribution in [0.2, 0.25) is 0 Å². The molecule has 6 nitrogen and oxygen atoms in total. The zero-order valence-corrected chi connectivity index (χ0v) is 16.1. The fraction of sp³-hybridized carbons (Fsp3) is 0.286. The Labute approximate surface area is 159 Å². The summed E-state index contributed by atoms with van der Waals surface area (Å²) in [5.74, 6) is -0.363. The van der Waals surface area contributed by atoms with Crippen molar-refractivity contribution >= 4 is 29.0 Å². The van der Waals surface area contributed by atoms with Crippen LogP contribution in [0.1, 0.15) is 29.8 Å². The highest BCUT2D eigenvalue weighted by Gasteiger charge is 2.24. The highest BCUT2D eigenvalue weighted by molar-refractivity contribution is 5.96. The second-order valence-electron chi connectivity index (χ2n) is 6.78. The molecular formula is C21H26N3O3+. The van der Waals surface area contributed by atoms with Gasteiger partial charge in [0.2, 0.25) is 0 Å². The predicted octanol–water partition coefficient (Wildman–Crippen LogP) is 1.68. The molecule has 0 fully saturated rings. The third-order valence-electron chi connectivity index (χ3n) is 4.47. The van der Waals surface area contributed by atoms with E-state index in [1.54, 1.807) is 38.2 Å². The Morgan fingerprint density at radius 3 is 2.00 bits per heavy atom. The van der Waals surface area contributed by atoms with Crippen LogP contribution in [0.3, 0.4) is 0 Å². The Kier molecular flexibility index (Phi) is 6.85. The van der Waals surface area contributed by atoms with E-state index in [1.165, 1.54) is 6.92 Å². The van der Waals surface area contributed by atoms with E-state index in [0.29, 0.717) is 11.3 Å². The van der Waals surface area contributed by atoms with Crippen LogP contribution in [-0.4, -0.2) is 37.2 Å². The maximum absolute atomic E-state index is 12.4. The lowest BCUT2D eigenvalue weighted by Crippen LogP contribution is -3.14. The number of hydrogen-bond donors (Lipinski definition) is 3. The average molecular weight is 368 g/mol. The van der Waals surface area contributed by atoms with Crippen molar-refractivity contribution in [1.29, 1.82) is 0 Å². The van der Waals surface area contributed by atoms with Gasteiger partial charge in [0.25, 0.3) is 11.8 Å². The molecule has 6 heteroatoms. The maximum atomic E-state index is 12.4. The van der Waals surface area contributed by atoms with E-state index in [9.17, 15) is 14.4 Å². The minimum absolute atomic E-state index is 0.0231. The molecule has 3 N–H and O–H groups in total. The largest absolute Gasteiger partial charge is 0.321 e. The SMILES string of the molecule is CC(=O)c1ccc(NC(=O)[C@@H](C)[NH+](C)CC(=O)Nc2ccc(C)cc2)cc1. The highest BCUT2D eigenvalue weighted by atomic mass is 16.2. The molecule has 2 rings (SSSR count). The van der Waals surface area contributed by atoms with E-state index in [-0.39, 0.29) is 24.1 Å². The molecule has 0 aliphatic carbocycles. The lowest BCUT2D eigenvalue weighted by Gasteiger charge is -2.20. The fourth-order valence-corrected chi connectivity index (χ4v) is 2.51. The molecule has 0 aromatic heterocycles. The summed E-state index contributed by atoms with van der Waals surface area (Å²) in [5, 5.41) is 5.65. The molecule has 0 radical (unpaired) electrons. The summed E-state index contributed by atoms with van der Waals surface area (Å²) in [6.07, 6.45) is 0. The van der Waals surface area contributed by atoms with Crippen LogP contribution in [0, 0.1) is 6.92 Å². The van der Waals surface area contributed by atoms with Crippen LogP contribution in [0.15, 0.2) is 48.5 Å². The monoisotopic (exact) mass is 368 g/mol. The summed E-state index contributed by atoms with van der Waals surface area (Å²) in [7, 11) is 1.80. The Balaban J connectivity index is 1.88. The number of amides is 2.